The van der Waals surface area contributed by atoms with Crippen LogP contribution >= 0.6 is 0 Å². The van der Waals surface area contributed by atoms with Gasteiger partial charge in [0.1, 0.15) is 5.82 Å². The molecule has 0 radical (unpaired) electrons. The molecule has 0 saturated heterocycles. The molecular weight excluding hydrogens is 246 g/mol. The molecule has 1 heterocycles. The Balaban J connectivity index is 2.22. The van der Waals surface area contributed by atoms with Crippen LogP contribution in [0, 0.1) is 0 Å². The highest BCUT2D eigenvalue weighted by atomic mass is 15.1. The van der Waals surface area contributed by atoms with Gasteiger partial charge in [-0.05, 0) is 37.9 Å². The van der Waals surface area contributed by atoms with Gasteiger partial charge in [0, 0.05) is 30.5 Å². The highest BCUT2D eigenvalue weighted by molar-refractivity contribution is 5.57. The molecule has 1 aromatic heterocycles. The molecule has 0 fully saturated rings. The molecule has 3 heteroatoms. The quantitative estimate of drug-likeness (QED) is 0.824. The summed E-state index contributed by atoms with van der Waals surface area (Å²) in [6.45, 7) is 8.67. The molecule has 0 aliphatic heterocycles. The van der Waals surface area contributed by atoms with E-state index in [4.69, 9.17) is 0 Å². The zero-order chi connectivity index (χ0) is 14.4. The van der Waals surface area contributed by atoms with Gasteiger partial charge in [-0.3, -0.25) is 0 Å². The van der Waals surface area contributed by atoms with Crippen LogP contribution in [0.25, 0.3) is 11.4 Å². The number of hydrogen-bond acceptors (Lipinski definition) is 2. The Bertz CT molecular complexity index is 531. The minimum absolute atomic E-state index is 0.379. The Morgan fingerprint density at radius 2 is 2.10 bits per heavy atom. The maximum absolute atomic E-state index is 4.51. The Morgan fingerprint density at radius 3 is 2.85 bits per heavy atom. The Hall–Kier alpha value is -1.61. The summed E-state index contributed by atoms with van der Waals surface area (Å²) in [5.41, 5.74) is 2.52. The molecule has 0 aliphatic carbocycles. The summed E-state index contributed by atoms with van der Waals surface area (Å²) in [6, 6.07) is 9.08. The van der Waals surface area contributed by atoms with Crippen molar-refractivity contribution in [3.63, 3.8) is 0 Å². The van der Waals surface area contributed by atoms with Crippen LogP contribution in [0.3, 0.4) is 0 Å². The van der Waals surface area contributed by atoms with Crippen LogP contribution in [0.4, 0.5) is 0 Å². The van der Waals surface area contributed by atoms with Gasteiger partial charge in [0.05, 0.1) is 0 Å². The first kappa shape index (κ1) is 14.8. The Labute approximate surface area is 122 Å². The Kier molecular flexibility index (Phi) is 5.36. The van der Waals surface area contributed by atoms with Crippen molar-refractivity contribution >= 4 is 0 Å². The lowest BCUT2D eigenvalue weighted by molar-refractivity contribution is 0.571. The average molecular weight is 271 g/mol. The third kappa shape index (κ3) is 3.48. The van der Waals surface area contributed by atoms with E-state index in [0.29, 0.717) is 6.04 Å². The third-order valence-corrected chi connectivity index (χ3v) is 3.53. The van der Waals surface area contributed by atoms with Crippen LogP contribution in [0.5, 0.6) is 0 Å². The van der Waals surface area contributed by atoms with E-state index >= 15 is 0 Å². The summed E-state index contributed by atoms with van der Waals surface area (Å²) < 4.78 is 2.23. The smallest absolute Gasteiger partial charge is 0.139 e. The molecular formula is C17H25N3. The van der Waals surface area contributed by atoms with E-state index in [0.717, 1.165) is 31.8 Å². The van der Waals surface area contributed by atoms with Gasteiger partial charge in [-0.2, -0.15) is 0 Å². The standard InChI is InChI=1S/C17H25N3/c1-4-9-18-14(3)15-7-6-8-16(13-15)17-19-10-12-20(17)11-5-2/h6-8,10,12-14,18H,4-5,9,11H2,1-3H3. The van der Waals surface area contributed by atoms with Gasteiger partial charge in [0.25, 0.3) is 0 Å². The van der Waals surface area contributed by atoms with Crippen LogP contribution in [-0.4, -0.2) is 16.1 Å². The molecule has 2 aromatic rings. The van der Waals surface area contributed by atoms with Crippen LogP contribution in [0.15, 0.2) is 36.7 Å². The van der Waals surface area contributed by atoms with Gasteiger partial charge in [0.2, 0.25) is 0 Å². The van der Waals surface area contributed by atoms with Crippen molar-refractivity contribution in [1.82, 2.24) is 14.9 Å². The SMILES string of the molecule is CCCNC(C)c1cccc(-c2nccn2CCC)c1. The highest BCUT2D eigenvalue weighted by Crippen LogP contribution is 2.22. The summed E-state index contributed by atoms with van der Waals surface area (Å²) in [5, 5.41) is 3.53. The molecule has 0 amide bonds. The lowest BCUT2D eigenvalue weighted by atomic mass is 10.0. The van der Waals surface area contributed by atoms with Crippen LogP contribution < -0.4 is 5.32 Å². The van der Waals surface area contributed by atoms with E-state index in [-0.39, 0.29) is 0 Å². The minimum Gasteiger partial charge on any atom is -0.331 e. The second-order valence-corrected chi connectivity index (χ2v) is 5.25. The molecule has 0 bridgehead atoms. The van der Waals surface area contributed by atoms with E-state index < -0.39 is 0 Å². The number of aromatic nitrogens is 2. The fourth-order valence-electron chi connectivity index (χ4n) is 2.42. The molecule has 1 atom stereocenters. The minimum atomic E-state index is 0.379. The number of benzene rings is 1. The largest absolute Gasteiger partial charge is 0.331 e. The lowest BCUT2D eigenvalue weighted by Crippen LogP contribution is -2.19. The predicted molar refractivity (Wildman–Crippen MR) is 84.7 cm³/mol. The average Bonchev–Trinajstić information content (AvgIpc) is 2.93. The fraction of sp³-hybridized carbons (Fsp3) is 0.471. The van der Waals surface area contributed by atoms with Gasteiger partial charge < -0.3 is 9.88 Å². The molecule has 1 aromatic carbocycles. The van der Waals surface area contributed by atoms with Crippen molar-refractivity contribution in [3.8, 4) is 11.4 Å². The van der Waals surface area contributed by atoms with Crippen molar-refractivity contribution in [1.29, 1.82) is 0 Å². The molecule has 1 unspecified atom stereocenters. The molecule has 0 spiro atoms. The summed E-state index contributed by atoms with van der Waals surface area (Å²) in [6.07, 6.45) is 6.23. The monoisotopic (exact) mass is 271 g/mol. The second kappa shape index (κ2) is 7.25. The van der Waals surface area contributed by atoms with Gasteiger partial charge in [-0.1, -0.05) is 32.0 Å². The summed E-state index contributed by atoms with van der Waals surface area (Å²) in [4.78, 5) is 4.51. The molecule has 20 heavy (non-hydrogen) atoms. The molecule has 0 saturated carbocycles. The number of imidazole rings is 1. The van der Waals surface area contributed by atoms with Gasteiger partial charge in [-0.25, -0.2) is 4.98 Å². The van der Waals surface area contributed by atoms with Crippen molar-refractivity contribution < 1.29 is 0 Å². The first-order chi connectivity index (χ1) is 9.76. The number of nitrogens with zero attached hydrogens (tertiary/aromatic N) is 2. The van der Waals surface area contributed by atoms with E-state index in [2.05, 4.69) is 66.1 Å². The van der Waals surface area contributed by atoms with Crippen LogP contribution in [0.2, 0.25) is 0 Å². The van der Waals surface area contributed by atoms with E-state index in [9.17, 15) is 0 Å². The van der Waals surface area contributed by atoms with Crippen molar-refractivity contribution in [3.05, 3.63) is 42.2 Å². The molecule has 1 N–H and O–H groups in total. The van der Waals surface area contributed by atoms with Crippen molar-refractivity contribution in [2.24, 2.45) is 0 Å². The number of hydrogen-bond donors (Lipinski definition) is 1. The zero-order valence-corrected chi connectivity index (χ0v) is 12.8. The maximum atomic E-state index is 4.51. The van der Waals surface area contributed by atoms with Crippen LogP contribution in [-0.2, 0) is 6.54 Å². The predicted octanol–water partition coefficient (Wildman–Crippen LogP) is 4.02. The maximum Gasteiger partial charge on any atom is 0.139 e. The van der Waals surface area contributed by atoms with Crippen molar-refractivity contribution in [2.75, 3.05) is 6.54 Å². The molecule has 3 nitrogen and oxygen atoms in total. The topological polar surface area (TPSA) is 29.9 Å². The van der Waals surface area contributed by atoms with Gasteiger partial charge in [0.15, 0.2) is 0 Å². The van der Waals surface area contributed by atoms with Crippen LogP contribution in [0.1, 0.15) is 45.2 Å². The van der Waals surface area contributed by atoms with Crippen molar-refractivity contribution in [2.45, 2.75) is 46.2 Å². The number of rotatable bonds is 7. The first-order valence-corrected chi connectivity index (χ1v) is 7.61. The third-order valence-electron chi connectivity index (χ3n) is 3.53. The highest BCUT2D eigenvalue weighted by Gasteiger charge is 2.09. The molecule has 0 aliphatic rings. The zero-order valence-electron chi connectivity index (χ0n) is 12.8. The number of aryl methyl sites for hydroxylation is 1. The summed E-state index contributed by atoms with van der Waals surface area (Å²) >= 11 is 0. The van der Waals surface area contributed by atoms with E-state index in [1.165, 1.54) is 11.1 Å². The summed E-state index contributed by atoms with van der Waals surface area (Å²) in [7, 11) is 0. The van der Waals surface area contributed by atoms with Gasteiger partial charge in [-0.15, -0.1) is 0 Å². The summed E-state index contributed by atoms with van der Waals surface area (Å²) in [5.74, 6) is 1.07. The normalized spacial score (nSPS) is 12.6. The Morgan fingerprint density at radius 1 is 1.25 bits per heavy atom. The first-order valence-electron chi connectivity index (χ1n) is 7.61. The van der Waals surface area contributed by atoms with E-state index in [1.54, 1.807) is 0 Å². The second-order valence-electron chi connectivity index (χ2n) is 5.25. The van der Waals surface area contributed by atoms with E-state index in [1.807, 2.05) is 6.20 Å². The van der Waals surface area contributed by atoms with Gasteiger partial charge >= 0.3 is 0 Å². The fourth-order valence-corrected chi connectivity index (χ4v) is 2.42. The molecule has 2 rings (SSSR count). The number of nitrogens with one attached hydrogen (secondary N) is 1. The lowest BCUT2D eigenvalue weighted by Gasteiger charge is -2.15. The molecule has 108 valence electrons.